The van der Waals surface area contributed by atoms with Crippen LogP contribution in [0.3, 0.4) is 0 Å². The van der Waals surface area contributed by atoms with Crippen LogP contribution in [0.4, 0.5) is 0 Å². The first kappa shape index (κ1) is 19.2. The molecule has 10 heteroatoms. The highest BCUT2D eigenvalue weighted by atomic mass is 16.5. The molecule has 0 bridgehead atoms. The van der Waals surface area contributed by atoms with E-state index in [4.69, 9.17) is 9.47 Å². The number of ether oxygens (including phenoxy) is 2. The Morgan fingerprint density at radius 2 is 1.96 bits per heavy atom. The Bertz CT molecular complexity index is 705. The van der Waals surface area contributed by atoms with Crippen molar-refractivity contribution >= 4 is 17.7 Å². The SMILES string of the molecule is COc1nn(C)cc1C(=O)NCC(=O)N1CCN(C(=O)C2CCCO2)CC1. The fourth-order valence-electron chi connectivity index (χ4n) is 3.29. The fourth-order valence-corrected chi connectivity index (χ4v) is 3.29. The monoisotopic (exact) mass is 379 g/mol. The first-order chi connectivity index (χ1) is 13.0. The maximum Gasteiger partial charge on any atom is 0.258 e. The van der Waals surface area contributed by atoms with Crippen LogP contribution in [0, 0.1) is 0 Å². The van der Waals surface area contributed by atoms with Crippen LogP contribution in [0.1, 0.15) is 23.2 Å². The molecule has 0 radical (unpaired) electrons. The van der Waals surface area contributed by atoms with E-state index in [1.54, 1.807) is 16.8 Å². The zero-order chi connectivity index (χ0) is 19.4. The van der Waals surface area contributed by atoms with Gasteiger partial charge >= 0.3 is 0 Å². The molecule has 3 rings (SSSR count). The second kappa shape index (κ2) is 8.38. The van der Waals surface area contributed by atoms with Gasteiger partial charge in [-0.15, -0.1) is 5.10 Å². The van der Waals surface area contributed by atoms with E-state index < -0.39 is 5.91 Å². The van der Waals surface area contributed by atoms with Gasteiger partial charge in [-0.25, -0.2) is 0 Å². The smallest absolute Gasteiger partial charge is 0.258 e. The Morgan fingerprint density at radius 3 is 2.59 bits per heavy atom. The van der Waals surface area contributed by atoms with Crippen molar-refractivity contribution in [3.05, 3.63) is 11.8 Å². The van der Waals surface area contributed by atoms with Crippen LogP contribution in [-0.2, 0) is 21.4 Å². The van der Waals surface area contributed by atoms with Crippen molar-refractivity contribution in [2.75, 3.05) is 46.4 Å². The van der Waals surface area contributed by atoms with Crippen LogP contribution in [-0.4, -0.2) is 89.8 Å². The molecular weight excluding hydrogens is 354 g/mol. The number of methoxy groups -OCH3 is 1. The van der Waals surface area contributed by atoms with Gasteiger partial charge in [-0.1, -0.05) is 0 Å². The second-order valence-corrected chi connectivity index (χ2v) is 6.62. The van der Waals surface area contributed by atoms with Gasteiger partial charge in [0.2, 0.25) is 11.8 Å². The van der Waals surface area contributed by atoms with E-state index in [-0.39, 0.29) is 35.9 Å². The number of carbonyl (C=O) groups is 3. The molecule has 2 fully saturated rings. The minimum atomic E-state index is -0.416. The number of amides is 3. The predicted molar refractivity (Wildman–Crippen MR) is 94.2 cm³/mol. The normalized spacial score (nSPS) is 19.9. The van der Waals surface area contributed by atoms with Crippen LogP contribution in [0.15, 0.2) is 6.20 Å². The highest BCUT2D eigenvalue weighted by molar-refractivity contribution is 5.98. The van der Waals surface area contributed by atoms with E-state index in [2.05, 4.69) is 10.4 Å². The van der Waals surface area contributed by atoms with Crippen molar-refractivity contribution in [3.8, 4) is 5.88 Å². The van der Waals surface area contributed by atoms with Gasteiger partial charge in [0.15, 0.2) is 0 Å². The summed E-state index contributed by atoms with van der Waals surface area (Å²) in [6, 6.07) is 0. The number of nitrogens with zero attached hydrogens (tertiary/aromatic N) is 4. The van der Waals surface area contributed by atoms with E-state index in [1.807, 2.05) is 0 Å². The van der Waals surface area contributed by atoms with Crippen molar-refractivity contribution in [3.63, 3.8) is 0 Å². The number of hydrogen-bond donors (Lipinski definition) is 1. The van der Waals surface area contributed by atoms with Gasteiger partial charge in [0, 0.05) is 46.0 Å². The van der Waals surface area contributed by atoms with Crippen LogP contribution < -0.4 is 10.1 Å². The third kappa shape index (κ3) is 4.38. The third-order valence-electron chi connectivity index (χ3n) is 4.78. The number of rotatable bonds is 5. The minimum Gasteiger partial charge on any atom is -0.479 e. The Balaban J connectivity index is 1.45. The zero-order valence-electron chi connectivity index (χ0n) is 15.6. The van der Waals surface area contributed by atoms with Crippen LogP contribution in [0.2, 0.25) is 0 Å². The lowest BCUT2D eigenvalue weighted by atomic mass is 10.2. The van der Waals surface area contributed by atoms with Gasteiger partial charge in [0.25, 0.3) is 11.8 Å². The van der Waals surface area contributed by atoms with Gasteiger partial charge in [-0.3, -0.25) is 19.1 Å². The van der Waals surface area contributed by atoms with Gasteiger partial charge in [-0.05, 0) is 12.8 Å². The molecule has 0 saturated carbocycles. The molecule has 2 aliphatic heterocycles. The molecule has 1 unspecified atom stereocenters. The summed E-state index contributed by atoms with van der Waals surface area (Å²) in [6.45, 7) is 2.38. The molecule has 3 amide bonds. The van der Waals surface area contributed by atoms with E-state index in [0.29, 0.717) is 32.8 Å². The summed E-state index contributed by atoms with van der Waals surface area (Å²) >= 11 is 0. The van der Waals surface area contributed by atoms with Crippen molar-refractivity contribution in [2.45, 2.75) is 18.9 Å². The molecular formula is C17H25N5O5. The van der Waals surface area contributed by atoms with Crippen LogP contribution in [0.5, 0.6) is 5.88 Å². The fraction of sp³-hybridized carbons (Fsp3) is 0.647. The van der Waals surface area contributed by atoms with Crippen molar-refractivity contribution in [2.24, 2.45) is 7.05 Å². The average molecular weight is 379 g/mol. The molecule has 2 aliphatic rings. The topological polar surface area (TPSA) is 106 Å². The largest absolute Gasteiger partial charge is 0.479 e. The first-order valence-electron chi connectivity index (χ1n) is 9.03. The molecule has 0 aromatic carbocycles. The van der Waals surface area contributed by atoms with Gasteiger partial charge in [0.1, 0.15) is 11.7 Å². The predicted octanol–water partition coefficient (Wildman–Crippen LogP) is -0.992. The summed E-state index contributed by atoms with van der Waals surface area (Å²) in [4.78, 5) is 40.3. The lowest BCUT2D eigenvalue weighted by Crippen LogP contribution is -2.54. The molecule has 0 spiro atoms. The molecule has 1 aromatic rings. The van der Waals surface area contributed by atoms with Gasteiger partial charge in [0.05, 0.1) is 13.7 Å². The quantitative estimate of drug-likeness (QED) is 0.704. The second-order valence-electron chi connectivity index (χ2n) is 6.62. The van der Waals surface area contributed by atoms with E-state index >= 15 is 0 Å². The maximum atomic E-state index is 12.4. The molecule has 1 N–H and O–H groups in total. The third-order valence-corrected chi connectivity index (χ3v) is 4.78. The van der Waals surface area contributed by atoms with E-state index in [1.165, 1.54) is 18.0 Å². The van der Waals surface area contributed by atoms with Crippen LogP contribution >= 0.6 is 0 Å². The number of hydrogen-bond acceptors (Lipinski definition) is 6. The number of aromatic nitrogens is 2. The molecule has 10 nitrogen and oxygen atoms in total. The molecule has 3 heterocycles. The molecule has 2 saturated heterocycles. The number of aryl methyl sites for hydroxylation is 1. The van der Waals surface area contributed by atoms with Gasteiger partial charge < -0.3 is 24.6 Å². The summed E-state index contributed by atoms with van der Waals surface area (Å²) in [5.74, 6) is -0.379. The first-order valence-corrected chi connectivity index (χ1v) is 9.03. The zero-order valence-corrected chi connectivity index (χ0v) is 15.6. The van der Waals surface area contributed by atoms with Gasteiger partial charge in [-0.2, -0.15) is 0 Å². The average Bonchev–Trinajstić information content (AvgIpc) is 3.35. The number of carbonyl (C=O) groups excluding carboxylic acids is 3. The molecule has 1 aromatic heterocycles. The lowest BCUT2D eigenvalue weighted by molar-refractivity contribution is -0.145. The number of nitrogens with one attached hydrogen (secondary N) is 1. The van der Waals surface area contributed by atoms with E-state index in [0.717, 1.165) is 12.8 Å². The minimum absolute atomic E-state index is 0.0107. The number of piperazine rings is 1. The molecule has 148 valence electrons. The summed E-state index contributed by atoms with van der Waals surface area (Å²) < 4.78 is 12.0. The molecule has 27 heavy (non-hydrogen) atoms. The van der Waals surface area contributed by atoms with Crippen LogP contribution in [0.25, 0.3) is 0 Å². The van der Waals surface area contributed by atoms with E-state index in [9.17, 15) is 14.4 Å². The Morgan fingerprint density at radius 1 is 1.26 bits per heavy atom. The Hall–Kier alpha value is -2.62. The highest BCUT2D eigenvalue weighted by Crippen LogP contribution is 2.16. The lowest BCUT2D eigenvalue weighted by Gasteiger charge is -2.35. The standard InChI is InChI=1S/C17H25N5O5/c1-20-11-12(16(19-20)26-2)15(24)18-10-14(23)21-5-7-22(8-6-21)17(25)13-4-3-9-27-13/h11,13H,3-10H2,1-2H3,(H,18,24). The Kier molecular flexibility index (Phi) is 5.94. The van der Waals surface area contributed by atoms with Crippen molar-refractivity contribution in [1.82, 2.24) is 24.9 Å². The highest BCUT2D eigenvalue weighted by Gasteiger charge is 2.31. The van der Waals surface area contributed by atoms with Crippen molar-refractivity contribution < 1.29 is 23.9 Å². The summed E-state index contributed by atoms with van der Waals surface area (Å²) in [7, 11) is 3.11. The maximum absolute atomic E-state index is 12.4. The summed E-state index contributed by atoms with van der Waals surface area (Å²) in [6.07, 6.45) is 2.88. The van der Waals surface area contributed by atoms with Crippen molar-refractivity contribution in [1.29, 1.82) is 0 Å². The molecule has 0 aliphatic carbocycles. The molecule has 1 atom stereocenters. The Labute approximate surface area is 157 Å². The summed E-state index contributed by atoms with van der Waals surface area (Å²) in [5.41, 5.74) is 0.278. The summed E-state index contributed by atoms with van der Waals surface area (Å²) in [5, 5.41) is 6.61.